The van der Waals surface area contributed by atoms with Crippen molar-refractivity contribution in [1.29, 1.82) is 0 Å². The van der Waals surface area contributed by atoms with Crippen molar-refractivity contribution >= 4 is 27.4 Å². The van der Waals surface area contributed by atoms with Gasteiger partial charge in [-0.25, -0.2) is 0 Å². The number of carbonyl (C=O) groups is 1. The molecule has 0 amide bonds. The Morgan fingerprint density at radius 2 is 1.59 bits per heavy atom. The lowest BCUT2D eigenvalue weighted by atomic mass is 9.97. The van der Waals surface area contributed by atoms with Crippen LogP contribution >= 0.6 is 15.9 Å². The Bertz CT molecular complexity index is 887. The van der Waals surface area contributed by atoms with E-state index in [2.05, 4.69) is 21.2 Å². The number of Topliss-reactive ketones (excluding diaryl/α,β-unsaturated/α-hetero) is 1. The maximum atomic E-state index is 12.8. The molecule has 0 aliphatic heterocycles. The van der Waals surface area contributed by atoms with E-state index in [1.807, 2.05) is 79.7 Å². The SMILES string of the molecule is COc1ccc(C(CC(=O)c2ccc(C)cc2)Nc2ccc(Br)cc2)cc1. The first-order chi connectivity index (χ1) is 13.0. The molecule has 0 heterocycles. The number of benzene rings is 3. The molecule has 1 unspecified atom stereocenters. The molecule has 0 aromatic heterocycles. The quantitative estimate of drug-likeness (QED) is 0.460. The summed E-state index contributed by atoms with van der Waals surface area (Å²) in [7, 11) is 1.65. The Morgan fingerprint density at radius 3 is 2.19 bits per heavy atom. The van der Waals surface area contributed by atoms with Gasteiger partial charge in [0.25, 0.3) is 0 Å². The zero-order valence-corrected chi connectivity index (χ0v) is 17.0. The maximum absolute atomic E-state index is 12.8. The smallest absolute Gasteiger partial charge is 0.165 e. The predicted octanol–water partition coefficient (Wildman–Crippen LogP) is 6.19. The Hall–Kier alpha value is -2.59. The second kappa shape index (κ2) is 8.87. The van der Waals surface area contributed by atoms with Crippen LogP contribution in [0.25, 0.3) is 0 Å². The van der Waals surface area contributed by atoms with Crippen LogP contribution in [0, 0.1) is 6.92 Å². The van der Waals surface area contributed by atoms with Gasteiger partial charge in [-0.3, -0.25) is 4.79 Å². The number of rotatable bonds is 7. The normalized spacial score (nSPS) is 11.7. The first kappa shape index (κ1) is 19.2. The van der Waals surface area contributed by atoms with Crippen LogP contribution in [0.4, 0.5) is 5.69 Å². The highest BCUT2D eigenvalue weighted by molar-refractivity contribution is 9.10. The van der Waals surface area contributed by atoms with Crippen molar-refractivity contribution in [1.82, 2.24) is 0 Å². The van der Waals surface area contributed by atoms with E-state index >= 15 is 0 Å². The van der Waals surface area contributed by atoms with Gasteiger partial charge < -0.3 is 10.1 Å². The van der Waals surface area contributed by atoms with Crippen LogP contribution < -0.4 is 10.1 Å². The number of aryl methyl sites for hydroxylation is 1. The number of nitrogens with one attached hydrogen (secondary N) is 1. The minimum atomic E-state index is -0.133. The fraction of sp³-hybridized carbons (Fsp3) is 0.174. The van der Waals surface area contributed by atoms with Gasteiger partial charge in [-0.15, -0.1) is 0 Å². The molecule has 0 bridgehead atoms. The van der Waals surface area contributed by atoms with E-state index < -0.39 is 0 Å². The van der Waals surface area contributed by atoms with E-state index in [1.165, 1.54) is 0 Å². The highest BCUT2D eigenvalue weighted by Crippen LogP contribution is 2.27. The van der Waals surface area contributed by atoms with Crippen LogP contribution in [-0.4, -0.2) is 12.9 Å². The van der Waals surface area contributed by atoms with Crippen LogP contribution in [0.3, 0.4) is 0 Å². The molecule has 0 radical (unpaired) electrons. The molecule has 4 heteroatoms. The van der Waals surface area contributed by atoms with Crippen molar-refractivity contribution in [3.8, 4) is 5.75 Å². The number of halogens is 1. The van der Waals surface area contributed by atoms with E-state index in [9.17, 15) is 4.79 Å². The summed E-state index contributed by atoms with van der Waals surface area (Å²) in [6.07, 6.45) is 0.367. The van der Waals surface area contributed by atoms with E-state index in [4.69, 9.17) is 4.74 Å². The number of anilines is 1. The summed E-state index contributed by atoms with van der Waals surface area (Å²) < 4.78 is 6.27. The van der Waals surface area contributed by atoms with Gasteiger partial charge in [-0.2, -0.15) is 0 Å². The second-order valence-electron chi connectivity index (χ2n) is 6.47. The molecular weight excluding hydrogens is 402 g/mol. The van der Waals surface area contributed by atoms with Crippen LogP contribution in [0.2, 0.25) is 0 Å². The zero-order valence-electron chi connectivity index (χ0n) is 15.4. The minimum absolute atomic E-state index is 0.112. The lowest BCUT2D eigenvalue weighted by Gasteiger charge is -2.20. The van der Waals surface area contributed by atoms with Crippen molar-refractivity contribution in [3.05, 3.63) is 94.0 Å². The van der Waals surface area contributed by atoms with Gasteiger partial charge >= 0.3 is 0 Å². The lowest BCUT2D eigenvalue weighted by Crippen LogP contribution is -2.16. The van der Waals surface area contributed by atoms with E-state index in [-0.39, 0.29) is 11.8 Å². The topological polar surface area (TPSA) is 38.3 Å². The van der Waals surface area contributed by atoms with Gasteiger partial charge in [0, 0.05) is 22.1 Å². The Balaban J connectivity index is 1.84. The Morgan fingerprint density at radius 1 is 0.963 bits per heavy atom. The first-order valence-corrected chi connectivity index (χ1v) is 9.60. The summed E-state index contributed by atoms with van der Waals surface area (Å²) in [6, 6.07) is 23.4. The molecule has 0 aliphatic carbocycles. The molecule has 138 valence electrons. The van der Waals surface area contributed by atoms with Crippen LogP contribution in [0.5, 0.6) is 5.75 Å². The summed E-state index contributed by atoms with van der Waals surface area (Å²) in [5.74, 6) is 0.909. The number of carbonyl (C=O) groups excluding carboxylic acids is 1. The molecule has 27 heavy (non-hydrogen) atoms. The van der Waals surface area contributed by atoms with E-state index in [1.54, 1.807) is 7.11 Å². The fourth-order valence-electron chi connectivity index (χ4n) is 2.88. The van der Waals surface area contributed by atoms with Gasteiger partial charge in [-0.05, 0) is 48.9 Å². The van der Waals surface area contributed by atoms with Gasteiger partial charge in [0.15, 0.2) is 5.78 Å². The summed E-state index contributed by atoms with van der Waals surface area (Å²) in [4.78, 5) is 12.8. The third-order valence-corrected chi connectivity index (χ3v) is 5.00. The number of hydrogen-bond donors (Lipinski definition) is 1. The Kier molecular flexibility index (Phi) is 6.30. The van der Waals surface area contributed by atoms with Crippen molar-refractivity contribution in [2.24, 2.45) is 0 Å². The molecule has 0 saturated carbocycles. The third-order valence-electron chi connectivity index (χ3n) is 4.47. The summed E-state index contributed by atoms with van der Waals surface area (Å²) in [6.45, 7) is 2.02. The van der Waals surface area contributed by atoms with Gasteiger partial charge in [0.2, 0.25) is 0 Å². The minimum Gasteiger partial charge on any atom is -0.497 e. The monoisotopic (exact) mass is 423 g/mol. The molecule has 0 spiro atoms. The summed E-state index contributed by atoms with van der Waals surface area (Å²) >= 11 is 3.45. The molecule has 3 aromatic rings. The van der Waals surface area contributed by atoms with Crippen molar-refractivity contribution in [2.75, 3.05) is 12.4 Å². The van der Waals surface area contributed by atoms with E-state index in [0.717, 1.165) is 32.6 Å². The molecule has 0 aliphatic rings. The van der Waals surface area contributed by atoms with Gasteiger partial charge in [0.05, 0.1) is 13.2 Å². The fourth-order valence-corrected chi connectivity index (χ4v) is 3.14. The average molecular weight is 424 g/mol. The molecule has 1 atom stereocenters. The highest BCUT2D eigenvalue weighted by Gasteiger charge is 2.17. The second-order valence-corrected chi connectivity index (χ2v) is 7.39. The molecule has 3 nitrogen and oxygen atoms in total. The molecular formula is C23H22BrNO2. The summed E-state index contributed by atoms with van der Waals surface area (Å²) in [5, 5.41) is 3.49. The zero-order chi connectivity index (χ0) is 19.2. The van der Waals surface area contributed by atoms with Crippen molar-refractivity contribution in [2.45, 2.75) is 19.4 Å². The van der Waals surface area contributed by atoms with Crippen LogP contribution in [-0.2, 0) is 0 Å². The van der Waals surface area contributed by atoms with Crippen molar-refractivity contribution in [3.63, 3.8) is 0 Å². The molecule has 3 aromatic carbocycles. The van der Waals surface area contributed by atoms with Gasteiger partial charge in [0.1, 0.15) is 5.75 Å². The van der Waals surface area contributed by atoms with Crippen LogP contribution in [0.1, 0.15) is 33.9 Å². The molecule has 3 rings (SSSR count). The number of methoxy groups -OCH3 is 1. The largest absolute Gasteiger partial charge is 0.497 e. The van der Waals surface area contributed by atoms with E-state index in [0.29, 0.717) is 6.42 Å². The number of ketones is 1. The standard InChI is InChI=1S/C23H22BrNO2/c1-16-3-5-18(6-4-16)23(26)15-22(17-7-13-21(27-2)14-8-17)25-20-11-9-19(24)10-12-20/h3-14,22,25H,15H2,1-2H3. The third kappa shape index (κ3) is 5.20. The first-order valence-electron chi connectivity index (χ1n) is 8.81. The lowest BCUT2D eigenvalue weighted by molar-refractivity contribution is 0.0976. The Labute approximate surface area is 168 Å². The number of hydrogen-bond acceptors (Lipinski definition) is 3. The molecule has 0 saturated heterocycles. The van der Waals surface area contributed by atoms with Crippen molar-refractivity contribution < 1.29 is 9.53 Å². The average Bonchev–Trinajstić information content (AvgIpc) is 2.69. The highest BCUT2D eigenvalue weighted by atomic mass is 79.9. The maximum Gasteiger partial charge on any atom is 0.165 e. The number of ether oxygens (including phenoxy) is 1. The molecule has 0 fully saturated rings. The molecule has 1 N–H and O–H groups in total. The van der Waals surface area contributed by atoms with Gasteiger partial charge in [-0.1, -0.05) is 57.9 Å². The van der Waals surface area contributed by atoms with Crippen LogP contribution in [0.15, 0.2) is 77.3 Å². The summed E-state index contributed by atoms with van der Waals surface area (Å²) in [5.41, 5.74) is 3.89. The predicted molar refractivity (Wildman–Crippen MR) is 114 cm³/mol.